The minimum atomic E-state index is -0.0648. The molecular formula is C7H16O3S. The van der Waals surface area contributed by atoms with E-state index in [1.165, 1.54) is 11.8 Å². The third-order valence-electron chi connectivity index (χ3n) is 0.899. The highest BCUT2D eigenvalue weighted by Crippen LogP contribution is 1.83. The Hall–Kier alpha value is -0.0600. The molecular weight excluding hydrogens is 164 g/mol. The predicted octanol–water partition coefficient (Wildman–Crippen LogP) is 1.17. The molecule has 0 aromatic rings. The second kappa shape index (κ2) is 12.6. The van der Waals surface area contributed by atoms with Crippen molar-refractivity contribution in [3.05, 3.63) is 0 Å². The van der Waals surface area contributed by atoms with Gasteiger partial charge in [0.25, 0.3) is 0 Å². The fraction of sp³-hybridized carbons (Fsp3) is 0.857. The van der Waals surface area contributed by atoms with Crippen LogP contribution in [0.1, 0.15) is 6.92 Å². The Labute approximate surface area is 72.4 Å². The summed E-state index contributed by atoms with van der Waals surface area (Å²) in [4.78, 5) is 9.38. The third kappa shape index (κ3) is 17.8. The van der Waals surface area contributed by atoms with Crippen molar-refractivity contribution in [2.24, 2.45) is 0 Å². The normalized spacial score (nSPS) is 8.82. The second-order valence-corrected chi connectivity index (χ2v) is 2.57. The fourth-order valence-corrected chi connectivity index (χ4v) is 0.300. The van der Waals surface area contributed by atoms with E-state index in [0.29, 0.717) is 5.75 Å². The van der Waals surface area contributed by atoms with Crippen LogP contribution >= 0.6 is 11.8 Å². The first-order valence-electron chi connectivity index (χ1n) is 3.21. The van der Waals surface area contributed by atoms with Gasteiger partial charge in [-0.15, -0.1) is 0 Å². The molecule has 0 radical (unpaired) electrons. The molecule has 0 aromatic carbocycles. The van der Waals surface area contributed by atoms with E-state index in [2.05, 4.69) is 9.47 Å². The molecule has 0 fully saturated rings. The standard InChI is InChI=1S/C4H10O2.C3H6OS/c1-4(5-2)6-3;1-5-3-2-4/h4H,1-3H3;2H,3H2,1H3. The van der Waals surface area contributed by atoms with Crippen LogP contribution in [0.3, 0.4) is 0 Å². The summed E-state index contributed by atoms with van der Waals surface area (Å²) in [5.41, 5.74) is 0. The molecule has 4 heteroatoms. The molecule has 0 spiro atoms. The van der Waals surface area contributed by atoms with Gasteiger partial charge in [-0.25, -0.2) is 0 Å². The first-order chi connectivity index (χ1) is 5.22. The van der Waals surface area contributed by atoms with Gasteiger partial charge in [0.15, 0.2) is 6.29 Å². The number of thioether (sulfide) groups is 1. The molecule has 0 amide bonds. The molecule has 0 rings (SSSR count). The Kier molecular flexibility index (Phi) is 15.5. The van der Waals surface area contributed by atoms with Crippen molar-refractivity contribution in [1.29, 1.82) is 0 Å². The van der Waals surface area contributed by atoms with E-state index in [0.717, 1.165) is 6.29 Å². The highest BCUT2D eigenvalue weighted by atomic mass is 32.2. The molecule has 0 aliphatic rings. The molecule has 0 bridgehead atoms. The van der Waals surface area contributed by atoms with Crippen LogP contribution in [-0.2, 0) is 14.3 Å². The van der Waals surface area contributed by atoms with E-state index in [-0.39, 0.29) is 6.29 Å². The Morgan fingerprint density at radius 1 is 1.45 bits per heavy atom. The summed E-state index contributed by atoms with van der Waals surface area (Å²) in [6.45, 7) is 1.83. The van der Waals surface area contributed by atoms with Crippen LogP contribution in [0.4, 0.5) is 0 Å². The van der Waals surface area contributed by atoms with Crippen molar-refractivity contribution in [1.82, 2.24) is 0 Å². The molecule has 0 saturated carbocycles. The minimum Gasteiger partial charge on any atom is -0.356 e. The number of rotatable bonds is 4. The average Bonchev–Trinajstić information content (AvgIpc) is 2.06. The smallest absolute Gasteiger partial charge is 0.154 e. The third-order valence-corrected chi connectivity index (χ3v) is 1.37. The number of hydrogen-bond donors (Lipinski definition) is 0. The van der Waals surface area contributed by atoms with Crippen molar-refractivity contribution in [2.75, 3.05) is 26.2 Å². The van der Waals surface area contributed by atoms with E-state index in [1.54, 1.807) is 14.2 Å². The average molecular weight is 180 g/mol. The van der Waals surface area contributed by atoms with Crippen LogP contribution < -0.4 is 0 Å². The van der Waals surface area contributed by atoms with Gasteiger partial charge in [0, 0.05) is 20.0 Å². The zero-order chi connectivity index (χ0) is 9.11. The predicted molar refractivity (Wildman–Crippen MR) is 47.9 cm³/mol. The van der Waals surface area contributed by atoms with E-state index < -0.39 is 0 Å². The molecule has 0 saturated heterocycles. The van der Waals surface area contributed by atoms with Crippen LogP contribution in [-0.4, -0.2) is 38.8 Å². The maximum Gasteiger partial charge on any atom is 0.154 e. The van der Waals surface area contributed by atoms with Gasteiger partial charge in [-0.2, -0.15) is 11.8 Å². The molecule has 0 aliphatic carbocycles. The topological polar surface area (TPSA) is 35.5 Å². The van der Waals surface area contributed by atoms with Crippen LogP contribution in [0.15, 0.2) is 0 Å². The van der Waals surface area contributed by atoms with Gasteiger partial charge in [-0.3, -0.25) is 0 Å². The monoisotopic (exact) mass is 180 g/mol. The quantitative estimate of drug-likeness (QED) is 0.480. The summed E-state index contributed by atoms with van der Waals surface area (Å²) in [7, 11) is 3.21. The lowest BCUT2D eigenvalue weighted by Gasteiger charge is -2.03. The zero-order valence-corrected chi connectivity index (χ0v) is 8.31. The molecule has 11 heavy (non-hydrogen) atoms. The minimum absolute atomic E-state index is 0.0648. The van der Waals surface area contributed by atoms with Gasteiger partial charge in [0.2, 0.25) is 0 Å². The Balaban J connectivity index is 0. The van der Waals surface area contributed by atoms with Crippen LogP contribution in [0, 0.1) is 0 Å². The van der Waals surface area contributed by atoms with Crippen LogP contribution in [0.25, 0.3) is 0 Å². The van der Waals surface area contributed by atoms with Crippen LogP contribution in [0.2, 0.25) is 0 Å². The number of ether oxygens (including phenoxy) is 2. The van der Waals surface area contributed by atoms with E-state index in [4.69, 9.17) is 0 Å². The summed E-state index contributed by atoms with van der Waals surface area (Å²) in [5.74, 6) is 0.625. The summed E-state index contributed by atoms with van der Waals surface area (Å²) in [6.07, 6.45) is 2.73. The highest BCUT2D eigenvalue weighted by Gasteiger charge is 1.87. The zero-order valence-electron chi connectivity index (χ0n) is 7.49. The van der Waals surface area contributed by atoms with Gasteiger partial charge in [0.05, 0.1) is 0 Å². The molecule has 0 atom stereocenters. The molecule has 0 unspecified atom stereocenters. The van der Waals surface area contributed by atoms with E-state index in [1.807, 2.05) is 13.2 Å². The maximum absolute atomic E-state index is 9.38. The van der Waals surface area contributed by atoms with Gasteiger partial charge >= 0.3 is 0 Å². The Morgan fingerprint density at radius 3 is 1.91 bits per heavy atom. The number of methoxy groups -OCH3 is 2. The van der Waals surface area contributed by atoms with Crippen LogP contribution in [0.5, 0.6) is 0 Å². The van der Waals surface area contributed by atoms with Crippen molar-refractivity contribution in [3.63, 3.8) is 0 Å². The second-order valence-electron chi connectivity index (χ2n) is 1.66. The first-order valence-corrected chi connectivity index (χ1v) is 4.60. The number of aldehydes is 1. The van der Waals surface area contributed by atoms with E-state index in [9.17, 15) is 4.79 Å². The highest BCUT2D eigenvalue weighted by molar-refractivity contribution is 7.99. The summed E-state index contributed by atoms with van der Waals surface area (Å²) in [6, 6.07) is 0. The van der Waals surface area contributed by atoms with E-state index >= 15 is 0 Å². The summed E-state index contributed by atoms with van der Waals surface area (Å²) in [5, 5.41) is 0. The largest absolute Gasteiger partial charge is 0.356 e. The van der Waals surface area contributed by atoms with Gasteiger partial charge in [-0.05, 0) is 13.2 Å². The van der Waals surface area contributed by atoms with Crippen molar-refractivity contribution < 1.29 is 14.3 Å². The fourth-order valence-electron chi connectivity index (χ4n) is 0.164. The molecule has 3 nitrogen and oxygen atoms in total. The number of carbonyl (C=O) groups excluding carboxylic acids is 1. The van der Waals surface area contributed by atoms with Gasteiger partial charge in [0.1, 0.15) is 6.29 Å². The lowest BCUT2D eigenvalue weighted by atomic mass is 10.8. The van der Waals surface area contributed by atoms with Crippen molar-refractivity contribution in [3.8, 4) is 0 Å². The molecule has 0 aliphatic heterocycles. The maximum atomic E-state index is 9.38. The molecule has 0 heterocycles. The lowest BCUT2D eigenvalue weighted by molar-refractivity contribution is -0.105. The lowest BCUT2D eigenvalue weighted by Crippen LogP contribution is -2.05. The molecule has 0 aromatic heterocycles. The summed E-state index contributed by atoms with van der Waals surface area (Å²) >= 11 is 1.53. The summed E-state index contributed by atoms with van der Waals surface area (Å²) < 4.78 is 9.35. The Morgan fingerprint density at radius 2 is 1.91 bits per heavy atom. The number of carbonyl (C=O) groups is 1. The number of hydrogen-bond acceptors (Lipinski definition) is 4. The van der Waals surface area contributed by atoms with Gasteiger partial charge in [-0.1, -0.05) is 0 Å². The molecule has 0 N–H and O–H groups in total. The molecule has 68 valence electrons. The van der Waals surface area contributed by atoms with Crippen molar-refractivity contribution >= 4 is 18.0 Å². The SMILES string of the molecule is COC(C)OC.CSCC=O. The van der Waals surface area contributed by atoms with Crippen molar-refractivity contribution in [2.45, 2.75) is 13.2 Å². The Bertz CT molecular complexity index is 74.1. The van der Waals surface area contributed by atoms with Gasteiger partial charge < -0.3 is 14.3 Å². The first kappa shape index (κ1) is 13.5.